The van der Waals surface area contributed by atoms with Gasteiger partial charge in [-0.1, -0.05) is 13.0 Å². The molecule has 0 aromatic heterocycles. The zero-order valence-electron chi connectivity index (χ0n) is 12.1. The number of rotatable bonds is 4. The summed E-state index contributed by atoms with van der Waals surface area (Å²) in [7, 11) is 3.79. The third-order valence-electron chi connectivity index (χ3n) is 3.69. The first-order chi connectivity index (χ1) is 9.17. The molecule has 1 aromatic rings. The van der Waals surface area contributed by atoms with Gasteiger partial charge in [0.05, 0.1) is 7.11 Å². The van der Waals surface area contributed by atoms with Crippen LogP contribution in [0.3, 0.4) is 0 Å². The van der Waals surface area contributed by atoms with Gasteiger partial charge < -0.3 is 10.1 Å². The molecule has 3 unspecified atom stereocenters. The summed E-state index contributed by atoms with van der Waals surface area (Å²) < 4.78 is 5.30. The van der Waals surface area contributed by atoms with Crippen molar-refractivity contribution in [1.29, 1.82) is 0 Å². The van der Waals surface area contributed by atoms with Crippen molar-refractivity contribution in [3.05, 3.63) is 29.3 Å². The van der Waals surface area contributed by atoms with Crippen LogP contribution >= 0.6 is 23.5 Å². The van der Waals surface area contributed by atoms with Crippen LogP contribution in [0, 0.1) is 6.92 Å². The monoisotopic (exact) mass is 297 g/mol. The van der Waals surface area contributed by atoms with Crippen molar-refractivity contribution in [2.24, 2.45) is 0 Å². The van der Waals surface area contributed by atoms with Gasteiger partial charge in [-0.25, -0.2) is 0 Å². The molecule has 2 nitrogen and oxygen atoms in total. The Kier molecular flexibility index (Phi) is 5.48. The van der Waals surface area contributed by atoms with Crippen LogP contribution in [0.2, 0.25) is 0 Å². The van der Waals surface area contributed by atoms with E-state index in [0.717, 1.165) is 5.75 Å². The fourth-order valence-corrected chi connectivity index (χ4v) is 5.61. The summed E-state index contributed by atoms with van der Waals surface area (Å²) in [6.45, 7) is 4.53. The molecule has 1 N–H and O–H groups in total. The summed E-state index contributed by atoms with van der Waals surface area (Å²) >= 11 is 4.20. The maximum atomic E-state index is 5.30. The molecule has 0 aliphatic carbocycles. The molecule has 1 aliphatic heterocycles. The number of nitrogens with one attached hydrogen (secondary N) is 1. The van der Waals surface area contributed by atoms with E-state index in [-0.39, 0.29) is 0 Å². The van der Waals surface area contributed by atoms with Crippen molar-refractivity contribution in [3.63, 3.8) is 0 Å². The van der Waals surface area contributed by atoms with Crippen LogP contribution in [0.25, 0.3) is 0 Å². The summed E-state index contributed by atoms with van der Waals surface area (Å²) in [5.41, 5.74) is 2.71. The maximum Gasteiger partial charge on any atom is 0.119 e. The number of benzene rings is 1. The molecule has 1 aliphatic rings. The fraction of sp³-hybridized carbons (Fsp3) is 0.600. The van der Waals surface area contributed by atoms with E-state index < -0.39 is 0 Å². The Morgan fingerprint density at radius 1 is 1.32 bits per heavy atom. The van der Waals surface area contributed by atoms with E-state index in [1.807, 2.05) is 0 Å². The lowest BCUT2D eigenvalue weighted by Crippen LogP contribution is -2.36. The molecule has 106 valence electrons. The summed E-state index contributed by atoms with van der Waals surface area (Å²) in [5.74, 6) is 3.47. The minimum atomic E-state index is 0.415. The Morgan fingerprint density at radius 3 is 2.63 bits per heavy atom. The Morgan fingerprint density at radius 2 is 2.05 bits per heavy atom. The van der Waals surface area contributed by atoms with Crippen molar-refractivity contribution >= 4 is 23.5 Å². The lowest BCUT2D eigenvalue weighted by atomic mass is 9.97. The predicted octanol–water partition coefficient (Wildman–Crippen LogP) is 3.50. The van der Waals surface area contributed by atoms with Gasteiger partial charge in [0.1, 0.15) is 5.75 Å². The van der Waals surface area contributed by atoms with Gasteiger partial charge in [-0.15, -0.1) is 0 Å². The Hall–Kier alpha value is -0.320. The van der Waals surface area contributed by atoms with Crippen LogP contribution in [0.15, 0.2) is 18.2 Å². The van der Waals surface area contributed by atoms with Gasteiger partial charge in [-0.2, -0.15) is 23.5 Å². The number of hydrogen-bond donors (Lipinski definition) is 1. The van der Waals surface area contributed by atoms with Gasteiger partial charge in [0.25, 0.3) is 0 Å². The lowest BCUT2D eigenvalue weighted by Gasteiger charge is -2.35. The van der Waals surface area contributed by atoms with Gasteiger partial charge in [0.2, 0.25) is 0 Å². The van der Waals surface area contributed by atoms with Crippen molar-refractivity contribution in [1.82, 2.24) is 5.32 Å². The minimum Gasteiger partial charge on any atom is -0.497 e. The van der Waals surface area contributed by atoms with E-state index in [4.69, 9.17) is 4.74 Å². The van der Waals surface area contributed by atoms with Crippen molar-refractivity contribution in [3.8, 4) is 5.75 Å². The Bertz CT molecular complexity index is 425. The molecule has 0 bridgehead atoms. The molecule has 1 saturated heterocycles. The molecule has 1 heterocycles. The smallest absolute Gasteiger partial charge is 0.119 e. The molecule has 0 saturated carbocycles. The van der Waals surface area contributed by atoms with Gasteiger partial charge in [0.15, 0.2) is 0 Å². The second-order valence-electron chi connectivity index (χ2n) is 4.90. The molecule has 0 amide bonds. The van der Waals surface area contributed by atoms with Crippen molar-refractivity contribution < 1.29 is 4.74 Å². The second-order valence-corrected chi connectivity index (χ2v) is 7.67. The molecule has 0 spiro atoms. The van der Waals surface area contributed by atoms with Crippen LogP contribution in [-0.4, -0.2) is 36.2 Å². The summed E-state index contributed by atoms with van der Waals surface area (Å²) in [5, 5.41) is 4.85. The fourth-order valence-electron chi connectivity index (χ4n) is 2.64. The Balaban J connectivity index is 2.25. The van der Waals surface area contributed by atoms with Crippen molar-refractivity contribution in [2.75, 3.05) is 25.7 Å². The Labute approximate surface area is 125 Å². The predicted molar refractivity (Wildman–Crippen MR) is 87.7 cm³/mol. The number of methoxy groups -OCH3 is 1. The first kappa shape index (κ1) is 15.1. The largest absolute Gasteiger partial charge is 0.497 e. The van der Waals surface area contributed by atoms with Gasteiger partial charge >= 0.3 is 0 Å². The summed E-state index contributed by atoms with van der Waals surface area (Å²) in [4.78, 5) is 0. The van der Waals surface area contributed by atoms with E-state index in [9.17, 15) is 0 Å². The number of aryl methyl sites for hydroxylation is 1. The average molecular weight is 297 g/mol. The van der Waals surface area contributed by atoms with Gasteiger partial charge in [0, 0.05) is 28.0 Å². The molecular formula is C15H23NOS2. The third-order valence-corrected chi connectivity index (χ3v) is 6.88. The first-order valence-electron chi connectivity index (χ1n) is 6.72. The van der Waals surface area contributed by atoms with Gasteiger partial charge in [-0.3, -0.25) is 0 Å². The van der Waals surface area contributed by atoms with Crippen LogP contribution in [0.4, 0.5) is 0 Å². The highest BCUT2D eigenvalue weighted by molar-refractivity contribution is 8.07. The normalized spacial score (nSPS) is 25.1. The zero-order chi connectivity index (χ0) is 13.8. The van der Waals surface area contributed by atoms with E-state index in [1.165, 1.54) is 22.6 Å². The highest BCUT2D eigenvalue weighted by Crippen LogP contribution is 2.39. The van der Waals surface area contributed by atoms with Crippen LogP contribution < -0.4 is 10.1 Å². The third kappa shape index (κ3) is 3.41. The van der Waals surface area contributed by atoms with E-state index in [0.29, 0.717) is 16.5 Å². The highest BCUT2D eigenvalue weighted by Gasteiger charge is 2.31. The molecule has 4 heteroatoms. The molecule has 0 radical (unpaired) electrons. The topological polar surface area (TPSA) is 21.3 Å². The second kappa shape index (κ2) is 6.91. The van der Waals surface area contributed by atoms with E-state index >= 15 is 0 Å². The summed E-state index contributed by atoms with van der Waals surface area (Å²) in [6.07, 6.45) is 0. The molecule has 2 rings (SSSR count). The van der Waals surface area contributed by atoms with Crippen LogP contribution in [0.1, 0.15) is 24.1 Å². The number of thioether (sulfide) groups is 2. The number of ether oxygens (including phenoxy) is 1. The van der Waals surface area contributed by atoms with E-state index in [2.05, 4.69) is 67.9 Å². The average Bonchev–Trinajstić information content (AvgIpc) is 2.43. The zero-order valence-corrected chi connectivity index (χ0v) is 13.7. The maximum absolute atomic E-state index is 5.30. The molecular weight excluding hydrogens is 274 g/mol. The van der Waals surface area contributed by atoms with E-state index in [1.54, 1.807) is 7.11 Å². The quantitative estimate of drug-likeness (QED) is 0.918. The van der Waals surface area contributed by atoms with Crippen LogP contribution in [0.5, 0.6) is 5.75 Å². The van der Waals surface area contributed by atoms with Crippen molar-refractivity contribution in [2.45, 2.75) is 30.4 Å². The highest BCUT2D eigenvalue weighted by atomic mass is 32.2. The molecule has 3 atom stereocenters. The molecule has 19 heavy (non-hydrogen) atoms. The summed E-state index contributed by atoms with van der Waals surface area (Å²) in [6, 6.07) is 6.82. The number of hydrogen-bond acceptors (Lipinski definition) is 4. The molecule has 1 aromatic carbocycles. The standard InChI is InChI=1S/C15H23NOS2/c1-10-9-12(17-4)5-6-13(10)14(16-3)15-11(2)18-7-8-19-15/h5-6,9,11,14-16H,7-8H2,1-4H3. The van der Waals surface area contributed by atoms with Gasteiger partial charge in [-0.05, 0) is 37.2 Å². The first-order valence-corrected chi connectivity index (χ1v) is 8.82. The minimum absolute atomic E-state index is 0.415. The van der Waals surface area contributed by atoms with Crippen LogP contribution in [-0.2, 0) is 0 Å². The lowest BCUT2D eigenvalue weighted by molar-refractivity contribution is 0.414. The molecule has 1 fully saturated rings. The SMILES string of the molecule is CNC(c1ccc(OC)cc1C)C1SCCSC1C.